The van der Waals surface area contributed by atoms with E-state index in [0.717, 1.165) is 5.69 Å². The molecular weight excluding hydrogens is 317 g/mol. The average Bonchev–Trinajstić information content (AvgIpc) is 2.87. The molecule has 0 radical (unpaired) electrons. The van der Waals surface area contributed by atoms with Gasteiger partial charge in [-0.2, -0.15) is 0 Å². The van der Waals surface area contributed by atoms with E-state index < -0.39 is 15.8 Å². The molecule has 0 bridgehead atoms. The van der Waals surface area contributed by atoms with Gasteiger partial charge in [-0.05, 0) is 32.3 Å². The number of benzene rings is 1. The molecule has 0 aliphatic heterocycles. The highest BCUT2D eigenvalue weighted by Gasteiger charge is 2.21. The second-order valence-corrected chi connectivity index (χ2v) is 7.53. The molecule has 1 atom stereocenters. The molecule has 126 valence electrons. The van der Waals surface area contributed by atoms with Crippen molar-refractivity contribution < 1.29 is 12.8 Å². The molecule has 0 saturated carbocycles. The molecule has 0 fully saturated rings. The van der Waals surface area contributed by atoms with Crippen LogP contribution in [0.1, 0.15) is 17.3 Å². The first-order chi connectivity index (χ1) is 10.8. The fraction of sp³-hybridized carbons (Fsp3) is 0.375. The summed E-state index contributed by atoms with van der Waals surface area (Å²) in [5, 5.41) is 0. The lowest BCUT2D eigenvalue weighted by atomic mass is 10.2. The largest absolute Gasteiger partial charge is 0.353 e. The lowest BCUT2D eigenvalue weighted by Crippen LogP contribution is -2.36. The summed E-state index contributed by atoms with van der Waals surface area (Å²) >= 11 is 0. The van der Waals surface area contributed by atoms with Gasteiger partial charge in [0.1, 0.15) is 5.82 Å². The molecule has 1 N–H and O–H groups in total. The average molecular weight is 339 g/mol. The topological polar surface area (TPSA) is 54.3 Å². The maximum absolute atomic E-state index is 13.6. The van der Waals surface area contributed by atoms with Gasteiger partial charge >= 0.3 is 0 Å². The standard InChI is InChI=1S/C16H22FN3O2S/c1-19(2)16(15-9-6-10-20(15)3)11-18-23(21,22)12-13-7-4-5-8-14(13)17/h4-10,16,18H,11-12H2,1-3H3. The van der Waals surface area contributed by atoms with Crippen LogP contribution in [-0.4, -0.2) is 38.5 Å². The van der Waals surface area contributed by atoms with Crippen molar-refractivity contribution in [1.29, 1.82) is 0 Å². The number of hydrogen-bond acceptors (Lipinski definition) is 3. The van der Waals surface area contributed by atoms with Gasteiger partial charge in [-0.25, -0.2) is 17.5 Å². The SMILES string of the molecule is CN(C)C(CNS(=O)(=O)Cc1ccccc1F)c1cccn1C. The maximum atomic E-state index is 13.6. The fourth-order valence-electron chi connectivity index (χ4n) is 2.45. The Kier molecular flexibility index (Phi) is 5.56. The van der Waals surface area contributed by atoms with Crippen molar-refractivity contribution in [2.24, 2.45) is 7.05 Å². The van der Waals surface area contributed by atoms with Crippen LogP contribution in [0.4, 0.5) is 4.39 Å². The molecular formula is C16H22FN3O2S. The smallest absolute Gasteiger partial charge is 0.215 e. The number of likely N-dealkylation sites (N-methyl/N-ethyl adjacent to an activating group) is 1. The van der Waals surface area contributed by atoms with Gasteiger partial charge in [0.25, 0.3) is 0 Å². The van der Waals surface area contributed by atoms with Crippen LogP contribution in [0.5, 0.6) is 0 Å². The van der Waals surface area contributed by atoms with Crippen molar-refractivity contribution in [3.8, 4) is 0 Å². The first-order valence-corrected chi connectivity index (χ1v) is 8.94. The summed E-state index contributed by atoms with van der Waals surface area (Å²) < 4.78 is 42.6. The molecule has 2 aromatic rings. The lowest BCUT2D eigenvalue weighted by molar-refractivity contribution is 0.289. The van der Waals surface area contributed by atoms with E-state index in [1.807, 2.05) is 48.9 Å². The summed E-state index contributed by atoms with van der Waals surface area (Å²) in [5.41, 5.74) is 1.17. The maximum Gasteiger partial charge on any atom is 0.215 e. The molecule has 23 heavy (non-hydrogen) atoms. The van der Waals surface area contributed by atoms with Gasteiger partial charge < -0.3 is 4.57 Å². The minimum absolute atomic E-state index is 0.106. The number of nitrogens with one attached hydrogen (secondary N) is 1. The normalized spacial score (nSPS) is 13.4. The minimum atomic E-state index is -3.62. The Balaban J connectivity index is 2.08. The van der Waals surface area contributed by atoms with E-state index in [1.165, 1.54) is 18.2 Å². The Bertz CT molecular complexity index is 756. The molecule has 0 aliphatic carbocycles. The van der Waals surface area contributed by atoms with Gasteiger partial charge in [-0.1, -0.05) is 18.2 Å². The van der Waals surface area contributed by atoms with Crippen molar-refractivity contribution >= 4 is 10.0 Å². The number of halogens is 1. The summed E-state index contributed by atoms with van der Waals surface area (Å²) in [4.78, 5) is 1.95. The highest BCUT2D eigenvalue weighted by atomic mass is 32.2. The van der Waals surface area contributed by atoms with E-state index in [0.29, 0.717) is 0 Å². The highest BCUT2D eigenvalue weighted by molar-refractivity contribution is 7.88. The van der Waals surface area contributed by atoms with Gasteiger partial charge in [0.15, 0.2) is 0 Å². The molecule has 0 aliphatic rings. The molecule has 1 aromatic heterocycles. The van der Waals surface area contributed by atoms with E-state index in [1.54, 1.807) is 6.07 Å². The molecule has 0 amide bonds. The van der Waals surface area contributed by atoms with Gasteiger partial charge in [0.05, 0.1) is 11.8 Å². The van der Waals surface area contributed by atoms with E-state index in [9.17, 15) is 12.8 Å². The predicted octanol–water partition coefficient (Wildman–Crippen LogP) is 1.89. The van der Waals surface area contributed by atoms with Crippen LogP contribution in [0, 0.1) is 5.82 Å². The summed E-state index contributed by atoms with van der Waals surface area (Å²) in [6.45, 7) is 0.224. The van der Waals surface area contributed by atoms with Crippen LogP contribution in [-0.2, 0) is 22.8 Å². The Hall–Kier alpha value is -1.70. The first-order valence-electron chi connectivity index (χ1n) is 7.28. The third-order valence-corrected chi connectivity index (χ3v) is 5.05. The number of nitrogens with zero attached hydrogens (tertiary/aromatic N) is 2. The second-order valence-electron chi connectivity index (χ2n) is 5.72. The summed E-state index contributed by atoms with van der Waals surface area (Å²) in [6.07, 6.45) is 1.92. The molecule has 7 heteroatoms. The zero-order chi connectivity index (χ0) is 17.0. The van der Waals surface area contributed by atoms with Crippen molar-refractivity contribution in [3.63, 3.8) is 0 Å². The molecule has 1 aromatic carbocycles. The Morgan fingerprint density at radius 2 is 1.91 bits per heavy atom. The number of aryl methyl sites for hydroxylation is 1. The quantitative estimate of drug-likeness (QED) is 0.838. The monoisotopic (exact) mass is 339 g/mol. The fourth-order valence-corrected chi connectivity index (χ4v) is 3.61. The molecule has 2 rings (SSSR count). The van der Waals surface area contributed by atoms with Crippen LogP contribution in [0.25, 0.3) is 0 Å². The van der Waals surface area contributed by atoms with Crippen LogP contribution < -0.4 is 4.72 Å². The van der Waals surface area contributed by atoms with Gasteiger partial charge in [-0.15, -0.1) is 0 Å². The van der Waals surface area contributed by atoms with Gasteiger partial charge in [0.2, 0.25) is 10.0 Å². The predicted molar refractivity (Wildman–Crippen MR) is 88.9 cm³/mol. The third-order valence-electron chi connectivity index (χ3n) is 3.75. The third kappa shape index (κ3) is 4.63. The van der Waals surface area contributed by atoms with Gasteiger partial charge in [-0.3, -0.25) is 4.90 Å². The van der Waals surface area contributed by atoms with Crippen molar-refractivity contribution in [3.05, 3.63) is 59.7 Å². The zero-order valence-corrected chi connectivity index (χ0v) is 14.3. The van der Waals surface area contributed by atoms with E-state index in [2.05, 4.69) is 4.72 Å². The van der Waals surface area contributed by atoms with Crippen molar-refractivity contribution in [2.45, 2.75) is 11.8 Å². The van der Waals surface area contributed by atoms with Gasteiger partial charge in [0, 0.05) is 31.0 Å². The number of hydrogen-bond donors (Lipinski definition) is 1. The lowest BCUT2D eigenvalue weighted by Gasteiger charge is -2.25. The van der Waals surface area contributed by atoms with E-state index in [-0.39, 0.29) is 23.9 Å². The minimum Gasteiger partial charge on any atom is -0.353 e. The molecule has 5 nitrogen and oxygen atoms in total. The zero-order valence-electron chi connectivity index (χ0n) is 13.5. The highest BCUT2D eigenvalue weighted by Crippen LogP contribution is 2.18. The number of aromatic nitrogens is 1. The summed E-state index contributed by atoms with van der Waals surface area (Å²) in [5.74, 6) is -0.878. The summed E-state index contributed by atoms with van der Waals surface area (Å²) in [6, 6.07) is 9.67. The number of sulfonamides is 1. The summed E-state index contributed by atoms with van der Waals surface area (Å²) in [7, 11) is 2.08. The number of rotatable bonds is 7. The van der Waals surface area contributed by atoms with Crippen LogP contribution in [0.3, 0.4) is 0 Å². The molecule has 1 heterocycles. The Labute approximate surface area is 136 Å². The van der Waals surface area contributed by atoms with E-state index >= 15 is 0 Å². The Morgan fingerprint density at radius 1 is 1.22 bits per heavy atom. The van der Waals surface area contributed by atoms with E-state index in [4.69, 9.17) is 0 Å². The van der Waals surface area contributed by atoms with Crippen molar-refractivity contribution in [2.75, 3.05) is 20.6 Å². The molecule has 0 spiro atoms. The molecule has 0 saturated heterocycles. The first kappa shape index (κ1) is 17.7. The second kappa shape index (κ2) is 7.25. The van der Waals surface area contributed by atoms with Crippen LogP contribution in [0.2, 0.25) is 0 Å². The van der Waals surface area contributed by atoms with Crippen molar-refractivity contribution in [1.82, 2.24) is 14.2 Å². The Morgan fingerprint density at radius 3 is 2.48 bits per heavy atom. The van der Waals surface area contributed by atoms with Crippen LogP contribution in [0.15, 0.2) is 42.6 Å². The van der Waals surface area contributed by atoms with Crippen LogP contribution >= 0.6 is 0 Å². The molecule has 1 unspecified atom stereocenters.